The molecule has 0 unspecified atom stereocenters. The van der Waals surface area contributed by atoms with Crippen LogP contribution in [-0.2, 0) is 10.1 Å². The highest BCUT2D eigenvalue weighted by Crippen LogP contribution is 2.56. The van der Waals surface area contributed by atoms with Crippen LogP contribution in [-0.4, -0.2) is 36.1 Å². The maximum absolute atomic E-state index is 12.2. The summed E-state index contributed by atoms with van der Waals surface area (Å²) in [6.45, 7) is 0. The summed E-state index contributed by atoms with van der Waals surface area (Å²) >= 11 is 0. The van der Waals surface area contributed by atoms with Gasteiger partial charge in [0.25, 0.3) is 16.0 Å². The quantitative estimate of drug-likeness (QED) is 0.388. The highest BCUT2D eigenvalue weighted by atomic mass is 32.2. The van der Waals surface area contributed by atoms with E-state index in [4.69, 9.17) is 4.55 Å². The zero-order valence-electron chi connectivity index (χ0n) is 19.1. The topological polar surface area (TPSA) is 83.5 Å². The Morgan fingerprint density at radius 3 is 1.94 bits per heavy atom. The van der Waals surface area contributed by atoms with Crippen molar-refractivity contribution in [2.45, 2.75) is 75.5 Å². The van der Waals surface area contributed by atoms with Crippen LogP contribution in [0.3, 0.4) is 0 Å². The van der Waals surface area contributed by atoms with Gasteiger partial charge in [0.05, 0.1) is 0 Å². The average Bonchev–Trinajstić information content (AvgIpc) is 2.84. The lowest BCUT2D eigenvalue weighted by atomic mass is 9.99. The number of hydrogen-bond donors (Lipinski definition) is 2. The Balaban J connectivity index is 1.62. The van der Waals surface area contributed by atoms with Crippen LogP contribution in [0.1, 0.15) is 74.6 Å². The Kier molecular flexibility index (Phi) is 8.21. The fourth-order valence-electron chi connectivity index (χ4n) is 5.41. The van der Waals surface area contributed by atoms with Crippen molar-refractivity contribution in [3.8, 4) is 11.1 Å². The number of nitrogens with one attached hydrogen (secondary N) is 1. The average molecular weight is 488 g/mol. The Labute approximate surface area is 198 Å². The molecule has 0 radical (unpaired) electrons. The Hall–Kier alpha value is -1.75. The predicted octanol–water partition coefficient (Wildman–Crippen LogP) is 5.70. The van der Waals surface area contributed by atoms with Crippen LogP contribution >= 0.6 is 7.92 Å². The van der Waals surface area contributed by atoms with Gasteiger partial charge in [-0.25, -0.2) is 0 Å². The van der Waals surface area contributed by atoms with Gasteiger partial charge >= 0.3 is 0 Å². The maximum atomic E-state index is 12.2. The van der Waals surface area contributed by atoms with Gasteiger partial charge in [0.1, 0.15) is 5.88 Å². The van der Waals surface area contributed by atoms with E-state index in [9.17, 15) is 13.2 Å². The number of carbonyl (C=O) groups excluding carboxylic acids is 1. The molecule has 5 nitrogen and oxygen atoms in total. The van der Waals surface area contributed by atoms with Gasteiger partial charge in [-0.05, 0) is 65.6 Å². The van der Waals surface area contributed by atoms with E-state index >= 15 is 0 Å². The van der Waals surface area contributed by atoms with Gasteiger partial charge in [0, 0.05) is 5.56 Å². The van der Waals surface area contributed by atoms with Gasteiger partial charge in [0.2, 0.25) is 0 Å². The minimum absolute atomic E-state index is 0.249. The van der Waals surface area contributed by atoms with Crippen molar-refractivity contribution >= 4 is 29.3 Å². The lowest BCUT2D eigenvalue weighted by Gasteiger charge is -2.39. The van der Waals surface area contributed by atoms with Crippen molar-refractivity contribution in [2.24, 2.45) is 0 Å². The van der Waals surface area contributed by atoms with Gasteiger partial charge in [-0.15, -0.1) is 0 Å². The summed E-state index contributed by atoms with van der Waals surface area (Å²) in [4.78, 5) is 12.2. The molecule has 0 spiro atoms. The summed E-state index contributed by atoms with van der Waals surface area (Å²) in [5.41, 5.74) is 4.36. The molecular formula is C26H34NO4PS. The third-order valence-corrected chi connectivity index (χ3v) is 11.1. The summed E-state index contributed by atoms with van der Waals surface area (Å²) in [5, 5.41) is 3.75. The van der Waals surface area contributed by atoms with Gasteiger partial charge in [-0.2, -0.15) is 8.42 Å². The molecule has 33 heavy (non-hydrogen) atoms. The first-order chi connectivity index (χ1) is 15.9. The van der Waals surface area contributed by atoms with Gasteiger partial charge in [-0.3, -0.25) is 9.35 Å². The van der Waals surface area contributed by atoms with Crippen molar-refractivity contribution in [3.63, 3.8) is 0 Å². The molecular weight excluding hydrogens is 453 g/mol. The number of carbonyl (C=O) groups is 1. The number of amides is 1. The normalized spacial score (nSPS) is 18.4. The molecule has 2 aromatic rings. The van der Waals surface area contributed by atoms with Crippen molar-refractivity contribution in [1.82, 2.24) is 5.32 Å². The molecule has 2 aromatic carbocycles. The molecule has 1 amide bonds. The van der Waals surface area contributed by atoms with E-state index in [0.717, 1.165) is 16.9 Å². The van der Waals surface area contributed by atoms with Crippen LogP contribution in [0.5, 0.6) is 0 Å². The van der Waals surface area contributed by atoms with E-state index in [1.165, 1.54) is 75.1 Å². The first-order valence-electron chi connectivity index (χ1n) is 12.1. The summed E-state index contributed by atoms with van der Waals surface area (Å²) < 4.78 is 30.7. The van der Waals surface area contributed by atoms with Crippen molar-refractivity contribution in [1.29, 1.82) is 0 Å². The predicted molar refractivity (Wildman–Crippen MR) is 136 cm³/mol. The highest BCUT2D eigenvalue weighted by Gasteiger charge is 2.33. The fraction of sp³-hybridized carbons (Fsp3) is 0.500. The third kappa shape index (κ3) is 6.44. The molecule has 178 valence electrons. The minimum Gasteiger partial charge on any atom is -0.336 e. The minimum atomic E-state index is -4.24. The van der Waals surface area contributed by atoms with Gasteiger partial charge in [0.15, 0.2) is 0 Å². The molecule has 2 saturated carbocycles. The summed E-state index contributed by atoms with van der Waals surface area (Å²) in [7, 11) is -4.49. The standard InChI is InChI=1S/C26H34NO4PS/c28-26(27-19-33(29,30)31)21-17-15-20(16-18-21)24-13-7-8-14-25(24)32(22-9-3-1-4-10-22)23-11-5-2-6-12-23/h7-8,13-18,22-23H,1-6,9-12,19H2,(H,27,28)(H,29,30,31). The Bertz CT molecular complexity index is 1020. The smallest absolute Gasteiger partial charge is 0.283 e. The number of hydrogen-bond acceptors (Lipinski definition) is 3. The van der Waals surface area contributed by atoms with E-state index in [1.54, 1.807) is 12.1 Å². The van der Waals surface area contributed by atoms with Crippen LogP contribution in [0, 0.1) is 0 Å². The van der Waals surface area contributed by atoms with Gasteiger partial charge in [-0.1, -0.05) is 82.8 Å². The molecule has 0 atom stereocenters. The van der Waals surface area contributed by atoms with Crippen LogP contribution in [0.25, 0.3) is 11.1 Å². The second-order valence-electron chi connectivity index (χ2n) is 9.32. The molecule has 0 bridgehead atoms. The summed E-state index contributed by atoms with van der Waals surface area (Å²) in [6, 6.07) is 16.2. The third-order valence-electron chi connectivity index (χ3n) is 6.99. The zero-order valence-corrected chi connectivity index (χ0v) is 20.8. The second-order valence-corrected chi connectivity index (χ2v) is 13.5. The van der Waals surface area contributed by atoms with Crippen LogP contribution in [0.4, 0.5) is 0 Å². The molecule has 0 aromatic heterocycles. The Morgan fingerprint density at radius 1 is 0.848 bits per heavy atom. The van der Waals surface area contributed by atoms with Crippen molar-refractivity contribution in [2.75, 3.05) is 5.88 Å². The summed E-state index contributed by atoms with van der Waals surface area (Å²) in [6.07, 6.45) is 13.6. The number of rotatable bonds is 7. The molecule has 0 heterocycles. The maximum Gasteiger partial charge on any atom is 0.283 e. The molecule has 0 aliphatic heterocycles. The number of benzene rings is 2. The van der Waals surface area contributed by atoms with Crippen molar-refractivity contribution in [3.05, 3.63) is 54.1 Å². The first-order valence-corrected chi connectivity index (χ1v) is 15.2. The van der Waals surface area contributed by atoms with E-state index in [0.29, 0.717) is 5.56 Å². The molecule has 4 rings (SSSR count). The molecule has 7 heteroatoms. The van der Waals surface area contributed by atoms with E-state index in [-0.39, 0.29) is 7.92 Å². The largest absolute Gasteiger partial charge is 0.336 e. The van der Waals surface area contributed by atoms with E-state index in [1.807, 2.05) is 12.1 Å². The van der Waals surface area contributed by atoms with E-state index in [2.05, 4.69) is 29.6 Å². The van der Waals surface area contributed by atoms with Crippen molar-refractivity contribution < 1.29 is 17.8 Å². The second kappa shape index (κ2) is 11.1. The van der Waals surface area contributed by atoms with E-state index < -0.39 is 21.9 Å². The molecule has 0 saturated heterocycles. The monoisotopic (exact) mass is 487 g/mol. The molecule has 2 N–H and O–H groups in total. The van der Waals surface area contributed by atoms with Crippen LogP contribution < -0.4 is 10.6 Å². The molecule has 2 aliphatic carbocycles. The highest BCUT2D eigenvalue weighted by molar-refractivity contribution is 7.85. The fourth-order valence-corrected chi connectivity index (χ4v) is 9.69. The molecule has 2 fully saturated rings. The summed E-state index contributed by atoms with van der Waals surface area (Å²) in [5.74, 6) is -1.30. The lowest BCUT2D eigenvalue weighted by molar-refractivity contribution is 0.0959. The van der Waals surface area contributed by atoms with Crippen LogP contribution in [0.2, 0.25) is 0 Å². The lowest BCUT2D eigenvalue weighted by Crippen LogP contribution is -2.29. The van der Waals surface area contributed by atoms with Crippen LogP contribution in [0.15, 0.2) is 48.5 Å². The molecule has 2 aliphatic rings. The first kappa shape index (κ1) is 24.4. The zero-order chi connectivity index (χ0) is 23.3. The Morgan fingerprint density at radius 2 is 1.39 bits per heavy atom. The van der Waals surface area contributed by atoms with Gasteiger partial charge < -0.3 is 5.32 Å². The SMILES string of the molecule is O=C(NCS(=O)(=O)O)c1ccc(-c2ccccc2P(C2CCCCC2)C2CCCCC2)cc1.